The van der Waals surface area contributed by atoms with Gasteiger partial charge in [-0.3, -0.25) is 4.90 Å². The Hall–Kier alpha value is -1.78. The largest absolute Gasteiger partial charge is 0.314 e. The van der Waals surface area contributed by atoms with Crippen molar-refractivity contribution in [2.75, 3.05) is 26.2 Å². The van der Waals surface area contributed by atoms with Gasteiger partial charge in [-0.2, -0.15) is 0 Å². The van der Waals surface area contributed by atoms with Crippen LogP contribution < -0.4 is 5.32 Å². The minimum atomic E-state index is 0.843. The Morgan fingerprint density at radius 3 is 2.50 bits per heavy atom. The third-order valence-corrected chi connectivity index (χ3v) is 3.74. The number of nitrogens with one attached hydrogen (secondary N) is 1. The van der Waals surface area contributed by atoms with Crippen LogP contribution in [-0.4, -0.2) is 41.0 Å². The molecule has 4 nitrogen and oxygen atoms in total. The van der Waals surface area contributed by atoms with Crippen molar-refractivity contribution in [1.82, 2.24) is 20.2 Å². The molecule has 1 aliphatic rings. The van der Waals surface area contributed by atoms with Gasteiger partial charge in [0.1, 0.15) is 5.82 Å². The molecule has 0 atom stereocenters. The molecule has 0 unspecified atom stereocenters. The molecule has 3 rings (SSSR count). The van der Waals surface area contributed by atoms with Gasteiger partial charge in [0.05, 0.1) is 6.54 Å². The zero-order chi connectivity index (χ0) is 13.8. The fourth-order valence-corrected chi connectivity index (χ4v) is 2.54. The zero-order valence-electron chi connectivity index (χ0n) is 11.8. The summed E-state index contributed by atoms with van der Waals surface area (Å²) in [5, 5.41) is 3.35. The number of aromatic nitrogens is 2. The van der Waals surface area contributed by atoms with Gasteiger partial charge in [0.25, 0.3) is 0 Å². The van der Waals surface area contributed by atoms with Gasteiger partial charge in [-0.25, -0.2) is 9.97 Å². The molecule has 0 spiro atoms. The molecule has 4 heteroatoms. The summed E-state index contributed by atoms with van der Waals surface area (Å²) in [6.45, 7) is 7.22. The van der Waals surface area contributed by atoms with Crippen molar-refractivity contribution in [2.45, 2.75) is 13.5 Å². The van der Waals surface area contributed by atoms with Crippen LogP contribution in [0.15, 0.2) is 36.7 Å². The first-order valence-electron chi connectivity index (χ1n) is 7.13. The summed E-state index contributed by atoms with van der Waals surface area (Å²) in [5.41, 5.74) is 3.55. The highest BCUT2D eigenvalue weighted by atomic mass is 15.2. The maximum atomic E-state index is 4.52. The van der Waals surface area contributed by atoms with Gasteiger partial charge < -0.3 is 5.32 Å². The van der Waals surface area contributed by atoms with Gasteiger partial charge >= 0.3 is 0 Å². The molecule has 1 aromatic carbocycles. The van der Waals surface area contributed by atoms with Crippen LogP contribution in [0.1, 0.15) is 11.4 Å². The molecular weight excluding hydrogens is 248 g/mol. The molecule has 2 heterocycles. The summed E-state index contributed by atoms with van der Waals surface area (Å²) < 4.78 is 0. The van der Waals surface area contributed by atoms with E-state index in [4.69, 9.17) is 0 Å². The number of nitrogens with zero attached hydrogens (tertiary/aromatic N) is 3. The number of benzene rings is 1. The smallest absolute Gasteiger partial charge is 0.142 e. The fourth-order valence-electron chi connectivity index (χ4n) is 2.54. The lowest BCUT2D eigenvalue weighted by Gasteiger charge is -2.26. The first-order chi connectivity index (χ1) is 9.83. The predicted octanol–water partition coefficient (Wildman–Crippen LogP) is 1.86. The Balaban J connectivity index is 1.73. The molecule has 2 aromatic rings. The Morgan fingerprint density at radius 2 is 1.80 bits per heavy atom. The van der Waals surface area contributed by atoms with Crippen molar-refractivity contribution in [2.24, 2.45) is 0 Å². The average Bonchev–Trinajstić information content (AvgIpc) is 2.50. The molecule has 0 saturated carbocycles. The lowest BCUT2D eigenvalue weighted by atomic mass is 10.0. The molecule has 1 saturated heterocycles. The molecule has 1 N–H and O–H groups in total. The Morgan fingerprint density at radius 1 is 1.10 bits per heavy atom. The molecular formula is C16H20N4. The summed E-state index contributed by atoms with van der Waals surface area (Å²) in [6.07, 6.45) is 3.87. The van der Waals surface area contributed by atoms with E-state index in [2.05, 4.69) is 51.4 Å². The Kier molecular flexibility index (Phi) is 4.04. The second-order valence-corrected chi connectivity index (χ2v) is 5.23. The lowest BCUT2D eigenvalue weighted by Crippen LogP contribution is -2.43. The third-order valence-electron chi connectivity index (χ3n) is 3.74. The summed E-state index contributed by atoms with van der Waals surface area (Å²) in [5.74, 6) is 0.907. The molecule has 0 amide bonds. The quantitative estimate of drug-likeness (QED) is 0.922. The van der Waals surface area contributed by atoms with Gasteiger partial charge in [0.15, 0.2) is 0 Å². The first-order valence-corrected chi connectivity index (χ1v) is 7.13. The summed E-state index contributed by atoms with van der Waals surface area (Å²) >= 11 is 0. The van der Waals surface area contributed by atoms with Crippen molar-refractivity contribution < 1.29 is 0 Å². The van der Waals surface area contributed by atoms with Gasteiger partial charge in [0.2, 0.25) is 0 Å². The predicted molar refractivity (Wildman–Crippen MR) is 80.4 cm³/mol. The highest BCUT2D eigenvalue weighted by Crippen LogP contribution is 2.21. The molecule has 20 heavy (non-hydrogen) atoms. The Labute approximate surface area is 119 Å². The Bertz CT molecular complexity index is 559. The lowest BCUT2D eigenvalue weighted by molar-refractivity contribution is 0.228. The number of rotatable bonds is 3. The summed E-state index contributed by atoms with van der Waals surface area (Å²) in [7, 11) is 0. The van der Waals surface area contributed by atoms with Crippen LogP contribution >= 0.6 is 0 Å². The van der Waals surface area contributed by atoms with Crippen molar-refractivity contribution >= 4 is 0 Å². The van der Waals surface area contributed by atoms with Crippen LogP contribution in [0.2, 0.25) is 0 Å². The van der Waals surface area contributed by atoms with E-state index in [1.165, 1.54) is 11.1 Å². The maximum absolute atomic E-state index is 4.52. The molecule has 1 aromatic heterocycles. The van der Waals surface area contributed by atoms with E-state index in [-0.39, 0.29) is 0 Å². The maximum Gasteiger partial charge on any atom is 0.142 e. The van der Waals surface area contributed by atoms with Crippen molar-refractivity contribution in [3.05, 3.63) is 48.0 Å². The minimum Gasteiger partial charge on any atom is -0.314 e. The molecule has 0 aliphatic carbocycles. The number of hydrogen-bond acceptors (Lipinski definition) is 4. The third kappa shape index (κ3) is 3.03. The average molecular weight is 268 g/mol. The molecule has 1 fully saturated rings. The van der Waals surface area contributed by atoms with E-state index in [9.17, 15) is 0 Å². The van der Waals surface area contributed by atoms with Crippen LogP contribution in [0, 0.1) is 6.92 Å². The number of hydrogen-bond donors (Lipinski definition) is 1. The van der Waals surface area contributed by atoms with E-state index in [0.29, 0.717) is 0 Å². The second-order valence-electron chi connectivity index (χ2n) is 5.23. The van der Waals surface area contributed by atoms with Crippen LogP contribution in [0.3, 0.4) is 0 Å². The van der Waals surface area contributed by atoms with E-state index >= 15 is 0 Å². The summed E-state index contributed by atoms with van der Waals surface area (Å²) in [4.78, 5) is 11.4. The standard InChI is InChI=1S/C16H20N4/c1-13-4-2-3-5-15(13)14-10-18-16(19-11-14)12-20-8-6-17-7-9-20/h2-5,10-11,17H,6-9,12H2,1H3. The second kappa shape index (κ2) is 6.11. The van der Waals surface area contributed by atoms with Crippen molar-refractivity contribution in [3.8, 4) is 11.1 Å². The zero-order valence-corrected chi connectivity index (χ0v) is 11.8. The molecule has 104 valence electrons. The SMILES string of the molecule is Cc1ccccc1-c1cnc(CN2CCNCC2)nc1. The van der Waals surface area contributed by atoms with E-state index in [0.717, 1.165) is 44.1 Å². The van der Waals surface area contributed by atoms with Crippen LogP contribution in [-0.2, 0) is 6.54 Å². The van der Waals surface area contributed by atoms with Gasteiger partial charge in [-0.1, -0.05) is 24.3 Å². The number of piperazine rings is 1. The molecule has 0 bridgehead atoms. The van der Waals surface area contributed by atoms with Crippen LogP contribution in [0.5, 0.6) is 0 Å². The van der Waals surface area contributed by atoms with Gasteiger partial charge in [0, 0.05) is 44.1 Å². The molecule has 0 radical (unpaired) electrons. The van der Waals surface area contributed by atoms with Gasteiger partial charge in [-0.05, 0) is 18.1 Å². The molecule has 1 aliphatic heterocycles. The highest BCUT2D eigenvalue weighted by Gasteiger charge is 2.11. The topological polar surface area (TPSA) is 41.1 Å². The van der Waals surface area contributed by atoms with E-state index in [1.54, 1.807) is 0 Å². The van der Waals surface area contributed by atoms with Gasteiger partial charge in [-0.15, -0.1) is 0 Å². The minimum absolute atomic E-state index is 0.843. The summed E-state index contributed by atoms with van der Waals surface area (Å²) in [6, 6.07) is 8.34. The van der Waals surface area contributed by atoms with E-state index in [1.807, 2.05) is 12.4 Å². The normalized spacial score (nSPS) is 16.2. The monoisotopic (exact) mass is 268 g/mol. The van der Waals surface area contributed by atoms with E-state index < -0.39 is 0 Å². The van der Waals surface area contributed by atoms with Crippen LogP contribution in [0.4, 0.5) is 0 Å². The fraction of sp³-hybridized carbons (Fsp3) is 0.375. The highest BCUT2D eigenvalue weighted by molar-refractivity contribution is 5.65. The first kappa shape index (κ1) is 13.2. The van der Waals surface area contributed by atoms with Crippen molar-refractivity contribution in [3.63, 3.8) is 0 Å². The van der Waals surface area contributed by atoms with Crippen LogP contribution in [0.25, 0.3) is 11.1 Å². The number of aryl methyl sites for hydroxylation is 1. The van der Waals surface area contributed by atoms with Crippen molar-refractivity contribution in [1.29, 1.82) is 0 Å².